The van der Waals surface area contributed by atoms with Crippen molar-refractivity contribution in [2.24, 2.45) is 17.3 Å². The van der Waals surface area contributed by atoms with Gasteiger partial charge in [-0.1, -0.05) is 24.3 Å². The number of amides is 1. The van der Waals surface area contributed by atoms with Gasteiger partial charge < -0.3 is 15.1 Å². The lowest BCUT2D eigenvalue weighted by Crippen LogP contribution is -2.70. The van der Waals surface area contributed by atoms with Crippen LogP contribution >= 0.6 is 0 Å². The molecule has 5 nitrogen and oxygen atoms in total. The molecule has 5 aliphatic rings. The zero-order valence-electron chi connectivity index (χ0n) is 20.5. The Labute approximate surface area is 213 Å². The predicted molar refractivity (Wildman–Crippen MR) is 130 cm³/mol. The number of aliphatic hydroxyl groups is 1. The Hall–Kier alpha value is -2.58. The quantitative estimate of drug-likeness (QED) is 0.650. The van der Waals surface area contributed by atoms with Gasteiger partial charge in [0.15, 0.2) is 6.10 Å². The molecule has 196 valence electrons. The molecule has 2 saturated heterocycles. The smallest absolute Gasteiger partial charge is 0.415 e. The second-order valence-electron chi connectivity index (χ2n) is 11.9. The molecule has 0 aromatic heterocycles. The van der Waals surface area contributed by atoms with E-state index in [1.165, 1.54) is 0 Å². The molecule has 8 heteroatoms. The van der Waals surface area contributed by atoms with Crippen molar-refractivity contribution in [1.82, 2.24) is 9.80 Å². The maximum absolute atomic E-state index is 13.6. The number of aromatic hydroxyl groups is 1. The summed E-state index contributed by atoms with van der Waals surface area (Å²) in [4.78, 5) is 17.6. The molecule has 1 amide bonds. The highest BCUT2D eigenvalue weighted by molar-refractivity contribution is 5.94. The molecule has 0 radical (unpaired) electrons. The van der Waals surface area contributed by atoms with E-state index >= 15 is 0 Å². The highest BCUT2D eigenvalue weighted by atomic mass is 19.4. The number of piperidine rings is 1. The van der Waals surface area contributed by atoms with E-state index < -0.39 is 18.8 Å². The zero-order valence-corrected chi connectivity index (χ0v) is 20.5. The lowest BCUT2D eigenvalue weighted by molar-refractivity contribution is -0.216. The van der Waals surface area contributed by atoms with Gasteiger partial charge in [-0.3, -0.25) is 9.69 Å². The van der Waals surface area contributed by atoms with Gasteiger partial charge in [-0.05, 0) is 91.3 Å². The van der Waals surface area contributed by atoms with Crippen LogP contribution in [0.3, 0.4) is 0 Å². The fraction of sp³-hybridized carbons (Fsp3) is 0.552. The van der Waals surface area contributed by atoms with Crippen molar-refractivity contribution in [1.29, 1.82) is 0 Å². The van der Waals surface area contributed by atoms with E-state index in [-0.39, 0.29) is 46.4 Å². The molecule has 0 spiro atoms. The van der Waals surface area contributed by atoms with Crippen LogP contribution < -0.4 is 0 Å². The fourth-order valence-electron chi connectivity index (χ4n) is 9.62. The largest absolute Gasteiger partial charge is 0.508 e. The number of nitrogens with zero attached hydrogens (tertiary/aromatic N) is 2. The topological polar surface area (TPSA) is 64.0 Å². The summed E-state index contributed by atoms with van der Waals surface area (Å²) in [6, 6.07) is 14.9. The number of carbonyl (C=O) groups excluding carboxylic acids is 1. The number of carbonyl (C=O) groups is 1. The van der Waals surface area contributed by atoms with Crippen LogP contribution in [0.25, 0.3) is 0 Å². The number of hydrogen-bond donors (Lipinski definition) is 2. The first-order valence-corrected chi connectivity index (χ1v) is 13.3. The van der Waals surface area contributed by atoms with E-state index in [4.69, 9.17) is 0 Å². The molecule has 2 aromatic rings. The van der Waals surface area contributed by atoms with Gasteiger partial charge in [0.2, 0.25) is 0 Å². The van der Waals surface area contributed by atoms with Crippen LogP contribution in [0.5, 0.6) is 5.75 Å². The van der Waals surface area contributed by atoms with E-state index in [0.717, 1.165) is 30.4 Å². The van der Waals surface area contributed by atoms with Gasteiger partial charge in [-0.2, -0.15) is 13.2 Å². The highest BCUT2D eigenvalue weighted by Crippen LogP contribution is 2.75. The van der Waals surface area contributed by atoms with Gasteiger partial charge in [0, 0.05) is 36.2 Å². The standard InChI is InChI=1S/C29H31F3N2O3/c30-29(31,32)24(36)16-33-11-10-28-21-13-20(35)7-6-18(21)12-23(33)27(28)9-8-22-25(28)19(14-27)15-34(22)26(37)17-4-2-1-3-5-17/h1-7,13,19,22-25,35-36H,8-12,14-16H2/t19-,22?,23-,24+,25?,27-,28+/m1/s1. The molecular formula is C29H31F3N2O3. The Bertz CT molecular complexity index is 1250. The molecule has 7 atom stereocenters. The molecule has 2 saturated carbocycles. The van der Waals surface area contributed by atoms with E-state index in [2.05, 4.69) is 4.90 Å². The van der Waals surface area contributed by atoms with Crippen molar-refractivity contribution in [3.63, 3.8) is 0 Å². The number of β-amino-alcohol motifs (C(OH)–C–C–N with tert-alkyl or cyclic N) is 1. The lowest BCUT2D eigenvalue weighted by atomic mass is 9.43. The number of phenolic OH excluding ortho intramolecular Hbond substituents is 1. The summed E-state index contributed by atoms with van der Waals surface area (Å²) in [5, 5.41) is 20.5. The van der Waals surface area contributed by atoms with E-state index in [9.17, 15) is 28.2 Å². The van der Waals surface area contributed by atoms with E-state index in [0.29, 0.717) is 31.5 Å². The molecule has 3 aliphatic carbocycles. The summed E-state index contributed by atoms with van der Waals surface area (Å²) in [7, 11) is 0. The van der Waals surface area contributed by atoms with Crippen molar-refractivity contribution in [3.05, 3.63) is 65.2 Å². The average molecular weight is 513 g/mol. The molecule has 2 unspecified atom stereocenters. The second-order valence-corrected chi connectivity index (χ2v) is 11.9. The predicted octanol–water partition coefficient (Wildman–Crippen LogP) is 4.12. The second kappa shape index (κ2) is 7.73. The van der Waals surface area contributed by atoms with Crippen molar-refractivity contribution in [2.45, 2.75) is 61.9 Å². The fourth-order valence-corrected chi connectivity index (χ4v) is 9.62. The SMILES string of the molecule is O=C(c1ccccc1)N1C[C@H]2C[C@@]34CCC1C2[C@@]31CCN(C[C@H](O)C(F)(F)F)[C@@H]4Cc2ccc(O)cc21. The summed E-state index contributed by atoms with van der Waals surface area (Å²) in [5.74, 6) is 0.750. The molecule has 2 aliphatic heterocycles. The van der Waals surface area contributed by atoms with Crippen molar-refractivity contribution < 1.29 is 28.2 Å². The summed E-state index contributed by atoms with van der Waals surface area (Å²) >= 11 is 0. The first-order chi connectivity index (χ1) is 17.7. The van der Waals surface area contributed by atoms with Crippen molar-refractivity contribution in [3.8, 4) is 5.75 Å². The molecule has 2 heterocycles. The molecular weight excluding hydrogens is 481 g/mol. The summed E-state index contributed by atoms with van der Waals surface area (Å²) < 4.78 is 40.1. The third-order valence-corrected chi connectivity index (χ3v) is 10.7. The van der Waals surface area contributed by atoms with E-state index in [1.54, 1.807) is 6.07 Å². The maximum Gasteiger partial charge on any atom is 0.415 e. The Morgan fingerprint density at radius 3 is 2.68 bits per heavy atom. The number of alkyl halides is 3. The zero-order chi connectivity index (χ0) is 25.7. The number of benzene rings is 2. The van der Waals surface area contributed by atoms with Gasteiger partial charge in [-0.25, -0.2) is 0 Å². The number of halogens is 3. The molecule has 37 heavy (non-hydrogen) atoms. The number of phenols is 1. The number of rotatable bonds is 3. The van der Waals surface area contributed by atoms with Gasteiger partial charge in [0.1, 0.15) is 5.75 Å². The van der Waals surface area contributed by atoms with Gasteiger partial charge in [-0.15, -0.1) is 0 Å². The first kappa shape index (κ1) is 23.5. The van der Waals surface area contributed by atoms with E-state index in [1.807, 2.05) is 47.4 Å². The van der Waals surface area contributed by atoms with Crippen LogP contribution in [0.1, 0.15) is 47.2 Å². The van der Waals surface area contributed by atoms with Gasteiger partial charge in [0.25, 0.3) is 5.91 Å². The number of likely N-dealkylation sites (tertiary alicyclic amines) is 2. The van der Waals surface area contributed by atoms with Crippen LogP contribution in [-0.4, -0.2) is 69.9 Å². The van der Waals surface area contributed by atoms with Gasteiger partial charge >= 0.3 is 6.18 Å². The number of fused-ring (bicyclic) bond motifs is 1. The lowest BCUT2D eigenvalue weighted by Gasteiger charge is -2.66. The highest BCUT2D eigenvalue weighted by Gasteiger charge is 2.76. The van der Waals surface area contributed by atoms with Crippen LogP contribution in [0.4, 0.5) is 13.2 Å². The van der Waals surface area contributed by atoms with Crippen LogP contribution in [-0.2, 0) is 11.8 Å². The number of aliphatic hydroxyl groups excluding tert-OH is 1. The molecule has 2 N–H and O–H groups in total. The third-order valence-electron chi connectivity index (χ3n) is 10.7. The Morgan fingerprint density at radius 2 is 1.92 bits per heavy atom. The number of hydrogen-bond acceptors (Lipinski definition) is 4. The summed E-state index contributed by atoms with van der Waals surface area (Å²) in [5.41, 5.74) is 2.41. The maximum atomic E-state index is 13.6. The molecule has 7 rings (SSSR count). The summed E-state index contributed by atoms with van der Waals surface area (Å²) in [6.07, 6.45) is -3.18. The third kappa shape index (κ3) is 3.03. The Balaban J connectivity index is 1.32. The minimum Gasteiger partial charge on any atom is -0.508 e. The molecule has 2 aromatic carbocycles. The van der Waals surface area contributed by atoms with Crippen LogP contribution in [0.2, 0.25) is 0 Å². The normalized spacial score (nSPS) is 36.7. The van der Waals surface area contributed by atoms with Crippen molar-refractivity contribution >= 4 is 5.91 Å². The average Bonchev–Trinajstić information content (AvgIpc) is 3.32. The van der Waals surface area contributed by atoms with Gasteiger partial charge in [0.05, 0.1) is 0 Å². The molecule has 4 fully saturated rings. The minimum atomic E-state index is -4.65. The van der Waals surface area contributed by atoms with Crippen LogP contribution in [0, 0.1) is 17.3 Å². The monoisotopic (exact) mass is 512 g/mol. The van der Waals surface area contributed by atoms with Crippen LogP contribution in [0.15, 0.2) is 48.5 Å². The van der Waals surface area contributed by atoms with Crippen molar-refractivity contribution in [2.75, 3.05) is 19.6 Å². The first-order valence-electron chi connectivity index (χ1n) is 13.3. The molecule has 4 bridgehead atoms. The Morgan fingerprint density at radius 1 is 1.14 bits per heavy atom. The minimum absolute atomic E-state index is 0.0538. The summed E-state index contributed by atoms with van der Waals surface area (Å²) in [6.45, 7) is 0.729. The Kier molecular flexibility index (Phi) is 4.91.